The van der Waals surface area contributed by atoms with Crippen molar-refractivity contribution < 1.29 is 19.1 Å². The molecule has 1 aromatic rings. The summed E-state index contributed by atoms with van der Waals surface area (Å²) in [5.74, 6) is -0.530. The number of ether oxygens (including phenoxy) is 1. The van der Waals surface area contributed by atoms with E-state index in [4.69, 9.17) is 4.74 Å². The summed E-state index contributed by atoms with van der Waals surface area (Å²) in [5, 5.41) is 5.65. The molecule has 2 atom stereocenters. The molecule has 0 saturated heterocycles. The van der Waals surface area contributed by atoms with E-state index in [2.05, 4.69) is 10.6 Å². The van der Waals surface area contributed by atoms with Crippen molar-refractivity contribution in [2.75, 3.05) is 0 Å². The Morgan fingerprint density at radius 2 is 1.65 bits per heavy atom. The number of aryl methyl sites for hydroxylation is 1. The molecule has 1 aliphatic rings. The summed E-state index contributed by atoms with van der Waals surface area (Å²) in [7, 11) is 0. The molecule has 0 heterocycles. The number of amides is 3. The van der Waals surface area contributed by atoms with Crippen molar-refractivity contribution in [3.05, 3.63) is 35.4 Å². The molecule has 0 spiro atoms. The molecule has 0 aromatic heterocycles. The minimum Gasteiger partial charge on any atom is -0.444 e. The monoisotopic (exact) mass is 431 g/mol. The summed E-state index contributed by atoms with van der Waals surface area (Å²) >= 11 is 0. The molecule has 0 bridgehead atoms. The zero-order valence-electron chi connectivity index (χ0n) is 20.0. The molecule has 2 N–H and O–H groups in total. The van der Waals surface area contributed by atoms with Crippen molar-refractivity contribution in [1.82, 2.24) is 15.5 Å². The third-order valence-corrected chi connectivity index (χ3v) is 4.81. The van der Waals surface area contributed by atoms with Crippen molar-refractivity contribution in [2.45, 2.75) is 97.5 Å². The van der Waals surface area contributed by atoms with E-state index in [9.17, 15) is 14.4 Å². The van der Waals surface area contributed by atoms with E-state index in [0.29, 0.717) is 0 Å². The Balaban J connectivity index is 2.36. The van der Waals surface area contributed by atoms with Gasteiger partial charge in [0.15, 0.2) is 0 Å². The highest BCUT2D eigenvalue weighted by molar-refractivity contribution is 5.92. The van der Waals surface area contributed by atoms with Gasteiger partial charge in [-0.05, 0) is 79.4 Å². The van der Waals surface area contributed by atoms with Crippen molar-refractivity contribution >= 4 is 17.9 Å². The predicted octanol–water partition coefficient (Wildman–Crippen LogP) is 3.86. The van der Waals surface area contributed by atoms with E-state index in [1.54, 1.807) is 32.6 Å². The van der Waals surface area contributed by atoms with Crippen LogP contribution in [0.3, 0.4) is 0 Å². The van der Waals surface area contributed by atoms with Crippen molar-refractivity contribution in [2.24, 2.45) is 0 Å². The molecule has 0 aliphatic heterocycles. The lowest BCUT2D eigenvalue weighted by Gasteiger charge is -2.36. The van der Waals surface area contributed by atoms with Gasteiger partial charge in [0.1, 0.15) is 17.7 Å². The second-order valence-electron chi connectivity index (χ2n) is 10.3. The normalized spacial score (nSPS) is 16.1. The van der Waals surface area contributed by atoms with Crippen molar-refractivity contribution in [1.29, 1.82) is 0 Å². The molecular weight excluding hydrogens is 394 g/mol. The quantitative estimate of drug-likeness (QED) is 0.716. The maximum absolute atomic E-state index is 13.5. The second kappa shape index (κ2) is 9.28. The highest BCUT2D eigenvalue weighted by Crippen LogP contribution is 2.36. The predicted molar refractivity (Wildman–Crippen MR) is 121 cm³/mol. The standard InChI is InChI=1S/C24H37N3O4/c1-15-11-9-10-12-18(15)19(20(28)26-23(3,4)5)27(17-13-14-17)21(29)16(2)25-22(30)31-24(6,7)8/h9-12,16-17,19H,13-14H2,1-8H3,(H,25,30)(H,26,28). The number of benzene rings is 1. The Kier molecular flexibility index (Phi) is 7.40. The minimum atomic E-state index is -0.829. The van der Waals surface area contributed by atoms with Gasteiger partial charge in [0.25, 0.3) is 0 Å². The number of rotatable bonds is 6. The van der Waals surface area contributed by atoms with Crippen molar-refractivity contribution in [3.8, 4) is 0 Å². The van der Waals surface area contributed by atoms with Gasteiger partial charge in [0.05, 0.1) is 0 Å². The topological polar surface area (TPSA) is 87.7 Å². The molecule has 31 heavy (non-hydrogen) atoms. The lowest BCUT2D eigenvalue weighted by atomic mass is 9.97. The lowest BCUT2D eigenvalue weighted by molar-refractivity contribution is -0.143. The second-order valence-corrected chi connectivity index (χ2v) is 10.3. The first-order valence-corrected chi connectivity index (χ1v) is 10.9. The maximum atomic E-state index is 13.5. The maximum Gasteiger partial charge on any atom is 0.408 e. The molecule has 7 heteroatoms. The molecule has 3 amide bonds. The number of alkyl carbamates (subject to hydrolysis) is 1. The average molecular weight is 432 g/mol. The fourth-order valence-corrected chi connectivity index (χ4v) is 3.39. The summed E-state index contributed by atoms with van der Waals surface area (Å²) in [4.78, 5) is 40.8. The zero-order valence-corrected chi connectivity index (χ0v) is 20.0. The fraction of sp³-hybridized carbons (Fsp3) is 0.625. The number of carbonyl (C=O) groups excluding carboxylic acids is 3. The Hall–Kier alpha value is -2.57. The summed E-state index contributed by atoms with van der Waals surface area (Å²) in [6.07, 6.45) is 1.00. The van der Waals surface area contributed by atoms with Crippen LogP contribution in [-0.2, 0) is 14.3 Å². The molecule has 2 rings (SSSR count). The van der Waals surface area contributed by atoms with Crippen LogP contribution in [0.5, 0.6) is 0 Å². The van der Waals surface area contributed by atoms with E-state index in [-0.39, 0.29) is 17.9 Å². The van der Waals surface area contributed by atoms with Gasteiger partial charge in [-0.1, -0.05) is 24.3 Å². The van der Waals surface area contributed by atoms with Crippen LogP contribution in [0, 0.1) is 6.92 Å². The van der Waals surface area contributed by atoms with Crippen LogP contribution < -0.4 is 10.6 Å². The molecule has 7 nitrogen and oxygen atoms in total. The summed E-state index contributed by atoms with van der Waals surface area (Å²) < 4.78 is 5.29. The molecule has 1 saturated carbocycles. The highest BCUT2D eigenvalue weighted by Gasteiger charge is 2.44. The fourth-order valence-electron chi connectivity index (χ4n) is 3.39. The first-order valence-electron chi connectivity index (χ1n) is 10.9. The van der Waals surface area contributed by atoms with Gasteiger partial charge in [0.2, 0.25) is 11.8 Å². The van der Waals surface area contributed by atoms with Gasteiger partial charge in [-0.2, -0.15) is 0 Å². The van der Waals surface area contributed by atoms with Crippen LogP contribution in [-0.4, -0.2) is 46.0 Å². The van der Waals surface area contributed by atoms with Gasteiger partial charge in [-0.3, -0.25) is 9.59 Å². The lowest BCUT2D eigenvalue weighted by Crippen LogP contribution is -2.54. The number of nitrogens with one attached hydrogen (secondary N) is 2. The Bertz CT molecular complexity index is 819. The van der Waals surface area contributed by atoms with E-state index in [0.717, 1.165) is 24.0 Å². The molecule has 172 valence electrons. The number of hydrogen-bond acceptors (Lipinski definition) is 4. The Morgan fingerprint density at radius 1 is 1.06 bits per heavy atom. The summed E-state index contributed by atoms with van der Waals surface area (Å²) in [6, 6.07) is 5.96. The van der Waals surface area contributed by atoms with Crippen LogP contribution in [0.15, 0.2) is 24.3 Å². The van der Waals surface area contributed by atoms with Gasteiger partial charge in [-0.25, -0.2) is 4.79 Å². The van der Waals surface area contributed by atoms with Crippen molar-refractivity contribution in [3.63, 3.8) is 0 Å². The first kappa shape index (κ1) is 24.7. The van der Waals surface area contributed by atoms with Crippen LogP contribution in [0.25, 0.3) is 0 Å². The molecule has 0 radical (unpaired) electrons. The largest absolute Gasteiger partial charge is 0.444 e. The van der Waals surface area contributed by atoms with Crippen LogP contribution in [0.2, 0.25) is 0 Å². The minimum absolute atomic E-state index is 0.0364. The smallest absolute Gasteiger partial charge is 0.408 e. The molecule has 1 fully saturated rings. The Labute approximate surface area is 185 Å². The van der Waals surface area contributed by atoms with Gasteiger partial charge in [0, 0.05) is 11.6 Å². The van der Waals surface area contributed by atoms with Gasteiger partial charge >= 0.3 is 6.09 Å². The third-order valence-electron chi connectivity index (χ3n) is 4.81. The molecule has 1 aliphatic carbocycles. The number of nitrogens with zero attached hydrogens (tertiary/aromatic N) is 1. The highest BCUT2D eigenvalue weighted by atomic mass is 16.6. The first-order chi connectivity index (χ1) is 14.2. The van der Waals surface area contributed by atoms with E-state index in [1.165, 1.54) is 0 Å². The van der Waals surface area contributed by atoms with E-state index >= 15 is 0 Å². The van der Waals surface area contributed by atoms with Crippen LogP contribution in [0.4, 0.5) is 4.79 Å². The van der Waals surface area contributed by atoms with E-state index in [1.807, 2.05) is 52.0 Å². The van der Waals surface area contributed by atoms with Crippen LogP contribution in [0.1, 0.15) is 78.5 Å². The SMILES string of the molecule is Cc1ccccc1C(C(=O)NC(C)(C)C)N(C(=O)C(C)NC(=O)OC(C)(C)C)C1CC1. The van der Waals surface area contributed by atoms with Crippen LogP contribution >= 0.6 is 0 Å². The molecule has 2 unspecified atom stereocenters. The third kappa shape index (κ3) is 7.26. The zero-order chi connectivity index (χ0) is 23.6. The molecule has 1 aromatic carbocycles. The number of carbonyl (C=O) groups is 3. The Morgan fingerprint density at radius 3 is 2.13 bits per heavy atom. The van der Waals surface area contributed by atoms with E-state index < -0.39 is 29.3 Å². The summed E-state index contributed by atoms with van der Waals surface area (Å²) in [5.41, 5.74) is 0.604. The number of hydrogen-bond donors (Lipinski definition) is 2. The molecular formula is C24H37N3O4. The average Bonchev–Trinajstić information content (AvgIpc) is 3.41. The van der Waals surface area contributed by atoms with Gasteiger partial charge < -0.3 is 20.3 Å². The summed E-state index contributed by atoms with van der Waals surface area (Å²) in [6.45, 7) is 14.6. The van der Waals surface area contributed by atoms with Gasteiger partial charge in [-0.15, -0.1) is 0 Å².